The zero-order chi connectivity index (χ0) is 31.5. The van der Waals surface area contributed by atoms with E-state index in [4.69, 9.17) is 14.5 Å². The van der Waals surface area contributed by atoms with Crippen LogP contribution < -0.4 is 10.7 Å². The Balaban J connectivity index is 1.77. The maximum Gasteiger partial charge on any atom is 0.318 e. The number of carbonyl (C=O) groups is 4. The van der Waals surface area contributed by atoms with E-state index >= 15 is 0 Å². The first kappa shape index (κ1) is 32.1. The van der Waals surface area contributed by atoms with E-state index < -0.39 is 35.5 Å². The molecule has 2 N–H and O–H groups in total. The standard InChI is InChI=1S/C32H43N5O6/c1-19(2)27-28(38)33-20(3)29(39)37-16-8-9-25(35-37)30(40)36(6)21(4)24-13-12-23-11-10-22(17-26(23)34-24)14-15-32(5,18-42-7)31(41)43-27/h10-15,17,19-21,25,27,35H,8-9,16,18H2,1-7H3,(H,33,38)/b15-14+/t20-,21+,25-,27-,32+/m0/s1. The van der Waals surface area contributed by atoms with Crippen LogP contribution in [0.2, 0.25) is 0 Å². The lowest BCUT2D eigenvalue weighted by Gasteiger charge is -2.37. The summed E-state index contributed by atoms with van der Waals surface area (Å²) in [4.78, 5) is 60.3. The summed E-state index contributed by atoms with van der Waals surface area (Å²) in [5.74, 6) is -2.11. The molecule has 2 aromatic rings. The first-order valence-corrected chi connectivity index (χ1v) is 14.8. The van der Waals surface area contributed by atoms with E-state index in [1.807, 2.05) is 37.3 Å². The molecule has 1 fully saturated rings. The van der Waals surface area contributed by atoms with E-state index in [1.54, 1.807) is 51.8 Å². The van der Waals surface area contributed by atoms with Crippen molar-refractivity contribution in [3.05, 3.63) is 47.7 Å². The number of ether oxygens (including phenoxy) is 2. The molecule has 1 saturated heterocycles. The summed E-state index contributed by atoms with van der Waals surface area (Å²) >= 11 is 0. The Kier molecular flexibility index (Phi) is 9.86. The molecule has 11 nitrogen and oxygen atoms in total. The number of cyclic esters (lactones) is 1. The lowest BCUT2D eigenvalue weighted by Crippen LogP contribution is -2.61. The van der Waals surface area contributed by atoms with Crippen LogP contribution in [-0.2, 0) is 28.7 Å². The zero-order valence-electron chi connectivity index (χ0n) is 26.0. The van der Waals surface area contributed by atoms with Crippen LogP contribution in [0.1, 0.15) is 64.8 Å². The Hall–Kier alpha value is -3.83. The number of pyridine rings is 1. The molecule has 4 rings (SSSR count). The van der Waals surface area contributed by atoms with Gasteiger partial charge in [-0.1, -0.05) is 44.2 Å². The minimum absolute atomic E-state index is 0.0271. The molecule has 43 heavy (non-hydrogen) atoms. The zero-order valence-corrected chi connectivity index (χ0v) is 26.0. The van der Waals surface area contributed by atoms with Crippen LogP contribution in [0, 0.1) is 11.3 Å². The Morgan fingerprint density at radius 2 is 1.84 bits per heavy atom. The van der Waals surface area contributed by atoms with Gasteiger partial charge in [0.1, 0.15) is 17.5 Å². The largest absolute Gasteiger partial charge is 0.451 e. The van der Waals surface area contributed by atoms with Crippen molar-refractivity contribution >= 4 is 40.7 Å². The summed E-state index contributed by atoms with van der Waals surface area (Å²) in [5, 5.41) is 5.04. The van der Waals surface area contributed by atoms with E-state index in [0.717, 1.165) is 22.2 Å². The summed E-state index contributed by atoms with van der Waals surface area (Å²) in [7, 11) is 3.23. The van der Waals surface area contributed by atoms with Crippen LogP contribution in [0.5, 0.6) is 0 Å². The molecule has 1 aromatic heterocycles. The fourth-order valence-electron chi connectivity index (χ4n) is 5.33. The van der Waals surface area contributed by atoms with E-state index in [1.165, 1.54) is 12.1 Å². The number of benzene rings is 1. The predicted octanol–water partition coefficient (Wildman–Crippen LogP) is 3.00. The molecule has 0 aliphatic carbocycles. The molecule has 0 radical (unpaired) electrons. The van der Waals surface area contributed by atoms with Crippen molar-refractivity contribution in [3.8, 4) is 0 Å². The smallest absolute Gasteiger partial charge is 0.318 e. The molecule has 3 heterocycles. The summed E-state index contributed by atoms with van der Waals surface area (Å²) in [5.41, 5.74) is 4.15. The number of amides is 3. The van der Waals surface area contributed by atoms with E-state index in [2.05, 4.69) is 10.7 Å². The number of nitrogens with zero attached hydrogens (tertiary/aromatic N) is 3. The summed E-state index contributed by atoms with van der Waals surface area (Å²) in [6, 6.07) is 7.81. The van der Waals surface area contributed by atoms with Gasteiger partial charge in [-0.2, -0.15) is 0 Å². The van der Waals surface area contributed by atoms with Crippen LogP contribution in [0.4, 0.5) is 0 Å². The average molecular weight is 594 g/mol. The van der Waals surface area contributed by atoms with Crippen molar-refractivity contribution in [2.75, 3.05) is 27.3 Å². The summed E-state index contributed by atoms with van der Waals surface area (Å²) < 4.78 is 11.2. The Labute approximate surface area is 252 Å². The highest BCUT2D eigenvalue weighted by Crippen LogP contribution is 2.27. The third kappa shape index (κ3) is 7.05. The third-order valence-corrected chi connectivity index (χ3v) is 8.23. The van der Waals surface area contributed by atoms with Gasteiger partial charge in [-0.05, 0) is 57.2 Å². The van der Waals surface area contributed by atoms with Crippen LogP contribution in [0.15, 0.2) is 36.4 Å². The van der Waals surface area contributed by atoms with Gasteiger partial charge < -0.3 is 19.7 Å². The van der Waals surface area contributed by atoms with E-state index in [0.29, 0.717) is 19.4 Å². The molecule has 5 bridgehead atoms. The van der Waals surface area contributed by atoms with Gasteiger partial charge in [0, 0.05) is 26.1 Å². The fourth-order valence-corrected chi connectivity index (χ4v) is 5.33. The molecule has 232 valence electrons. The van der Waals surface area contributed by atoms with Gasteiger partial charge in [0.25, 0.3) is 11.8 Å². The highest BCUT2D eigenvalue weighted by Gasteiger charge is 2.39. The van der Waals surface area contributed by atoms with E-state index in [9.17, 15) is 19.2 Å². The van der Waals surface area contributed by atoms with Crippen LogP contribution in [0.25, 0.3) is 17.0 Å². The number of carbonyl (C=O) groups excluding carboxylic acids is 4. The van der Waals surface area contributed by atoms with Crippen LogP contribution in [-0.4, -0.2) is 84.1 Å². The highest BCUT2D eigenvalue weighted by atomic mass is 16.6. The number of aromatic nitrogens is 1. The van der Waals surface area contributed by atoms with Crippen LogP contribution in [0.3, 0.4) is 0 Å². The molecule has 0 spiro atoms. The topological polar surface area (TPSA) is 130 Å². The van der Waals surface area contributed by atoms with Crippen molar-refractivity contribution in [1.82, 2.24) is 25.6 Å². The quantitative estimate of drug-likeness (QED) is 0.520. The number of hydrazine groups is 1. The second-order valence-corrected chi connectivity index (χ2v) is 12.1. The Bertz CT molecular complexity index is 1410. The molecule has 3 amide bonds. The maximum atomic E-state index is 13.5. The molecule has 2 aliphatic rings. The molecular formula is C32H43N5O6. The molecule has 2 aliphatic heterocycles. The number of hydrogen-bond donors (Lipinski definition) is 2. The van der Waals surface area contributed by atoms with Crippen LogP contribution >= 0.6 is 0 Å². The Morgan fingerprint density at radius 1 is 1.12 bits per heavy atom. The molecular weight excluding hydrogens is 550 g/mol. The van der Waals surface area contributed by atoms with Gasteiger partial charge in [0.05, 0.1) is 23.9 Å². The average Bonchev–Trinajstić information content (AvgIpc) is 3.00. The number of hydrogen-bond acceptors (Lipinski definition) is 8. The van der Waals surface area contributed by atoms with Crippen molar-refractivity contribution < 1.29 is 28.7 Å². The number of methoxy groups -OCH3 is 1. The predicted molar refractivity (Wildman–Crippen MR) is 162 cm³/mol. The Morgan fingerprint density at radius 3 is 2.53 bits per heavy atom. The van der Waals surface area contributed by atoms with Gasteiger partial charge in [0.15, 0.2) is 6.10 Å². The second-order valence-electron chi connectivity index (χ2n) is 12.1. The molecule has 5 atom stereocenters. The van der Waals surface area contributed by atoms with Crippen molar-refractivity contribution in [3.63, 3.8) is 0 Å². The van der Waals surface area contributed by atoms with E-state index in [-0.39, 0.29) is 30.4 Å². The monoisotopic (exact) mass is 593 g/mol. The van der Waals surface area contributed by atoms with Gasteiger partial charge in [-0.25, -0.2) is 5.43 Å². The molecule has 11 heteroatoms. The van der Waals surface area contributed by atoms with Gasteiger partial charge in [-0.3, -0.25) is 29.2 Å². The lowest BCUT2D eigenvalue weighted by molar-refractivity contribution is -0.168. The normalized spacial score (nSPS) is 28.7. The van der Waals surface area contributed by atoms with Gasteiger partial charge >= 0.3 is 5.97 Å². The molecule has 0 saturated carbocycles. The number of esters is 1. The SMILES string of the molecule is COC[C@@]1(C)/C=C/c2ccc3ccc(nc3c2)[C@@H](C)N(C)C(=O)[C@@H]2CCCN(N2)C(=O)[C@H](C)NC(=O)[C@H](C(C)C)OC1=O. The molecule has 1 aromatic carbocycles. The second kappa shape index (κ2) is 13.2. The molecule has 0 unspecified atom stereocenters. The van der Waals surface area contributed by atoms with Crippen molar-refractivity contribution in [2.45, 2.75) is 71.7 Å². The minimum atomic E-state index is -1.20. The minimum Gasteiger partial charge on any atom is -0.451 e. The van der Waals surface area contributed by atoms with Gasteiger partial charge in [0.2, 0.25) is 5.91 Å². The summed E-state index contributed by atoms with van der Waals surface area (Å²) in [6.07, 6.45) is 3.56. The summed E-state index contributed by atoms with van der Waals surface area (Å²) in [6.45, 7) is 9.14. The number of likely N-dealkylation sites (N-methyl/N-ethyl adjacent to an activating group) is 1. The third-order valence-electron chi connectivity index (χ3n) is 8.23. The number of fused-ring (bicyclic) bond motifs is 4. The first-order chi connectivity index (χ1) is 20.3. The lowest BCUT2D eigenvalue weighted by atomic mass is 9.90. The van der Waals surface area contributed by atoms with Crippen molar-refractivity contribution in [1.29, 1.82) is 0 Å². The maximum absolute atomic E-state index is 13.5. The number of nitrogens with one attached hydrogen (secondary N) is 2. The fraction of sp³-hybridized carbons (Fsp3) is 0.531. The van der Waals surface area contributed by atoms with Gasteiger partial charge in [-0.15, -0.1) is 0 Å². The first-order valence-electron chi connectivity index (χ1n) is 14.8. The number of rotatable bonds is 3. The van der Waals surface area contributed by atoms with Crippen molar-refractivity contribution in [2.24, 2.45) is 11.3 Å². The highest BCUT2D eigenvalue weighted by molar-refractivity contribution is 5.91.